The number of nitrogens with one attached hydrogen (secondary N) is 2. The van der Waals surface area contributed by atoms with E-state index in [0.717, 1.165) is 5.82 Å². The first-order chi connectivity index (χ1) is 8.66. The Bertz CT molecular complexity index is 536. The maximum Gasteiger partial charge on any atom is 0.250 e. The van der Waals surface area contributed by atoms with Gasteiger partial charge in [0.15, 0.2) is 0 Å². The average Bonchev–Trinajstić information content (AvgIpc) is 2.82. The summed E-state index contributed by atoms with van der Waals surface area (Å²) >= 11 is 0. The lowest BCUT2D eigenvalue weighted by Gasteiger charge is -2.10. The highest BCUT2D eigenvalue weighted by Gasteiger charge is 2.08. The number of rotatable bonds is 5. The van der Waals surface area contributed by atoms with Crippen LogP contribution in [0.5, 0.6) is 0 Å². The summed E-state index contributed by atoms with van der Waals surface area (Å²) in [5, 5.41) is 9.61. The summed E-state index contributed by atoms with van der Waals surface area (Å²) in [6.07, 6.45) is 2.11. The van der Waals surface area contributed by atoms with Gasteiger partial charge in [-0.1, -0.05) is 0 Å². The molecular formula is C11H14N6O. The van der Waals surface area contributed by atoms with Gasteiger partial charge in [-0.25, -0.2) is 4.98 Å². The second-order valence-electron chi connectivity index (χ2n) is 3.78. The van der Waals surface area contributed by atoms with Gasteiger partial charge in [0.1, 0.15) is 12.2 Å². The first-order valence-electron chi connectivity index (χ1n) is 5.44. The third-order valence-electron chi connectivity index (χ3n) is 2.45. The van der Waals surface area contributed by atoms with Crippen molar-refractivity contribution in [2.45, 2.75) is 6.42 Å². The molecule has 7 heteroatoms. The van der Waals surface area contributed by atoms with Gasteiger partial charge in [-0.05, 0) is 18.2 Å². The van der Waals surface area contributed by atoms with Crippen LogP contribution in [0.15, 0.2) is 24.5 Å². The van der Waals surface area contributed by atoms with E-state index in [4.69, 9.17) is 11.5 Å². The van der Waals surface area contributed by atoms with Crippen LogP contribution in [0.25, 0.3) is 0 Å². The van der Waals surface area contributed by atoms with Gasteiger partial charge in [0.2, 0.25) is 0 Å². The summed E-state index contributed by atoms with van der Waals surface area (Å²) in [7, 11) is 0. The highest BCUT2D eigenvalue weighted by Crippen LogP contribution is 2.18. The number of aromatic amines is 1. The van der Waals surface area contributed by atoms with E-state index in [0.29, 0.717) is 29.9 Å². The molecule has 0 unspecified atom stereocenters. The summed E-state index contributed by atoms with van der Waals surface area (Å²) in [5.41, 5.74) is 12.6. The molecule has 0 aliphatic rings. The minimum atomic E-state index is -0.489. The van der Waals surface area contributed by atoms with E-state index in [1.807, 2.05) is 0 Å². The zero-order valence-corrected chi connectivity index (χ0v) is 9.68. The number of benzene rings is 1. The summed E-state index contributed by atoms with van der Waals surface area (Å²) < 4.78 is 0. The molecular weight excluding hydrogens is 232 g/mol. The van der Waals surface area contributed by atoms with E-state index >= 15 is 0 Å². The Morgan fingerprint density at radius 1 is 1.44 bits per heavy atom. The van der Waals surface area contributed by atoms with Crippen molar-refractivity contribution < 1.29 is 4.79 Å². The lowest BCUT2D eigenvalue weighted by Crippen LogP contribution is -2.16. The second-order valence-corrected chi connectivity index (χ2v) is 3.78. The van der Waals surface area contributed by atoms with Crippen LogP contribution in [0.3, 0.4) is 0 Å². The van der Waals surface area contributed by atoms with Crippen molar-refractivity contribution >= 4 is 17.3 Å². The molecule has 1 amide bonds. The lowest BCUT2D eigenvalue weighted by molar-refractivity contribution is 0.100. The van der Waals surface area contributed by atoms with E-state index in [1.54, 1.807) is 18.2 Å². The number of amides is 1. The van der Waals surface area contributed by atoms with Gasteiger partial charge in [-0.15, -0.1) is 0 Å². The minimum Gasteiger partial charge on any atom is -0.399 e. The molecule has 0 saturated carbocycles. The van der Waals surface area contributed by atoms with E-state index in [9.17, 15) is 4.79 Å². The van der Waals surface area contributed by atoms with Gasteiger partial charge in [-0.2, -0.15) is 5.10 Å². The Labute approximate surface area is 104 Å². The Morgan fingerprint density at radius 2 is 2.28 bits per heavy atom. The van der Waals surface area contributed by atoms with Crippen LogP contribution in [-0.2, 0) is 6.42 Å². The number of carbonyl (C=O) groups is 1. The highest BCUT2D eigenvalue weighted by atomic mass is 16.1. The summed E-state index contributed by atoms with van der Waals surface area (Å²) in [6.45, 7) is 0.596. The van der Waals surface area contributed by atoms with Gasteiger partial charge < -0.3 is 16.8 Å². The number of anilines is 2. The number of H-pyrrole nitrogens is 1. The summed E-state index contributed by atoms with van der Waals surface area (Å²) in [5.74, 6) is 0.282. The van der Waals surface area contributed by atoms with Crippen LogP contribution in [0.4, 0.5) is 11.4 Å². The van der Waals surface area contributed by atoms with E-state index in [1.165, 1.54) is 6.33 Å². The monoisotopic (exact) mass is 246 g/mol. The molecule has 0 fully saturated rings. The molecule has 2 aromatic rings. The molecule has 1 heterocycles. The van der Waals surface area contributed by atoms with Crippen LogP contribution in [0.2, 0.25) is 0 Å². The molecule has 0 aliphatic heterocycles. The molecule has 1 aromatic heterocycles. The fraction of sp³-hybridized carbons (Fsp3) is 0.182. The fourth-order valence-corrected chi connectivity index (χ4v) is 1.59. The van der Waals surface area contributed by atoms with Crippen molar-refractivity contribution in [2.24, 2.45) is 5.73 Å². The molecule has 1 aromatic carbocycles. The molecule has 18 heavy (non-hydrogen) atoms. The maximum atomic E-state index is 11.2. The number of nitrogen functional groups attached to an aromatic ring is 1. The highest BCUT2D eigenvalue weighted by molar-refractivity contribution is 5.99. The molecule has 0 aliphatic carbocycles. The lowest BCUT2D eigenvalue weighted by atomic mass is 10.1. The van der Waals surface area contributed by atoms with Crippen molar-refractivity contribution in [3.63, 3.8) is 0 Å². The van der Waals surface area contributed by atoms with Crippen molar-refractivity contribution in [2.75, 3.05) is 17.6 Å². The van der Waals surface area contributed by atoms with Crippen molar-refractivity contribution in [1.29, 1.82) is 0 Å². The number of nitrogens with zero attached hydrogens (tertiary/aromatic N) is 2. The van der Waals surface area contributed by atoms with Gasteiger partial charge in [0, 0.05) is 24.3 Å². The third-order valence-corrected chi connectivity index (χ3v) is 2.45. The van der Waals surface area contributed by atoms with Crippen LogP contribution in [-0.4, -0.2) is 27.6 Å². The van der Waals surface area contributed by atoms with E-state index < -0.39 is 5.91 Å². The normalized spacial score (nSPS) is 10.2. The van der Waals surface area contributed by atoms with E-state index in [2.05, 4.69) is 20.5 Å². The average molecular weight is 246 g/mol. The largest absolute Gasteiger partial charge is 0.399 e. The molecule has 0 saturated heterocycles. The second kappa shape index (κ2) is 5.17. The Hall–Kier alpha value is -2.57. The van der Waals surface area contributed by atoms with Gasteiger partial charge in [0.25, 0.3) is 5.91 Å². The SMILES string of the molecule is NC(=O)c1ccc(N)cc1NCCc1ncn[nH]1. The topological polar surface area (TPSA) is 123 Å². The van der Waals surface area contributed by atoms with Gasteiger partial charge in [0.05, 0.1) is 5.56 Å². The predicted molar refractivity (Wildman–Crippen MR) is 67.9 cm³/mol. The van der Waals surface area contributed by atoms with Gasteiger partial charge in [-0.3, -0.25) is 9.89 Å². The van der Waals surface area contributed by atoms with Crippen LogP contribution in [0.1, 0.15) is 16.2 Å². The third kappa shape index (κ3) is 2.76. The number of hydrogen-bond acceptors (Lipinski definition) is 5. The Morgan fingerprint density at radius 3 is 2.94 bits per heavy atom. The van der Waals surface area contributed by atoms with E-state index in [-0.39, 0.29) is 0 Å². The molecule has 6 N–H and O–H groups in total. The quantitative estimate of drug-likeness (QED) is 0.559. The Kier molecular flexibility index (Phi) is 3.42. The standard InChI is InChI=1S/C11H14N6O/c12-7-1-2-8(11(13)18)9(5-7)14-4-3-10-15-6-16-17-10/h1-2,5-6,14H,3-4,12H2,(H2,13,18)(H,15,16,17). The minimum absolute atomic E-state index is 0.418. The molecule has 0 atom stereocenters. The maximum absolute atomic E-state index is 11.2. The molecule has 0 spiro atoms. The number of primary amides is 1. The van der Waals surface area contributed by atoms with Crippen molar-refractivity contribution in [1.82, 2.24) is 15.2 Å². The van der Waals surface area contributed by atoms with Crippen molar-refractivity contribution in [3.8, 4) is 0 Å². The molecule has 7 nitrogen and oxygen atoms in total. The van der Waals surface area contributed by atoms with Gasteiger partial charge >= 0.3 is 0 Å². The van der Waals surface area contributed by atoms with Crippen LogP contribution >= 0.6 is 0 Å². The predicted octanol–water partition coefficient (Wildman–Crippen LogP) is 0.140. The Balaban J connectivity index is 2.03. The molecule has 0 bridgehead atoms. The number of nitrogens with two attached hydrogens (primary N) is 2. The number of hydrogen-bond donors (Lipinski definition) is 4. The number of carbonyl (C=O) groups excluding carboxylic acids is 1. The smallest absolute Gasteiger partial charge is 0.250 e. The zero-order chi connectivity index (χ0) is 13.0. The first kappa shape index (κ1) is 11.9. The summed E-state index contributed by atoms with van der Waals surface area (Å²) in [4.78, 5) is 15.2. The molecule has 2 rings (SSSR count). The van der Waals surface area contributed by atoms with Crippen molar-refractivity contribution in [3.05, 3.63) is 35.9 Å². The first-order valence-corrected chi connectivity index (χ1v) is 5.44. The zero-order valence-electron chi connectivity index (χ0n) is 9.68. The van der Waals surface area contributed by atoms with Crippen LogP contribution in [0, 0.1) is 0 Å². The van der Waals surface area contributed by atoms with Crippen LogP contribution < -0.4 is 16.8 Å². The molecule has 0 radical (unpaired) electrons. The fourth-order valence-electron chi connectivity index (χ4n) is 1.59. The summed E-state index contributed by atoms with van der Waals surface area (Å²) in [6, 6.07) is 4.93. The molecule has 94 valence electrons. The number of aromatic nitrogens is 3.